The molecular weight excluding hydrogens is 166 g/mol. The molecule has 4 heteroatoms. The van der Waals surface area contributed by atoms with Crippen LogP contribution < -0.4 is 5.32 Å². The van der Waals surface area contributed by atoms with E-state index in [1.165, 1.54) is 6.08 Å². The van der Waals surface area contributed by atoms with Gasteiger partial charge < -0.3 is 5.32 Å². The number of aromatic nitrogens is 2. The SMILES string of the molecule is C=CC(=O)Nc1ccc2[nH][nH]c2c1. The Balaban J connectivity index is 2.25. The second-order valence-electron chi connectivity index (χ2n) is 2.70. The number of amides is 1. The Morgan fingerprint density at radius 1 is 1.38 bits per heavy atom. The number of anilines is 1. The summed E-state index contributed by atoms with van der Waals surface area (Å²) in [5.74, 6) is -0.202. The minimum Gasteiger partial charge on any atom is -0.322 e. The smallest absolute Gasteiger partial charge is 0.247 e. The van der Waals surface area contributed by atoms with E-state index in [1.807, 2.05) is 18.2 Å². The van der Waals surface area contributed by atoms with Crippen molar-refractivity contribution in [1.29, 1.82) is 0 Å². The summed E-state index contributed by atoms with van der Waals surface area (Å²) >= 11 is 0. The molecule has 66 valence electrons. The van der Waals surface area contributed by atoms with Gasteiger partial charge in [0, 0.05) is 5.69 Å². The normalized spacial score (nSPS) is 10.2. The van der Waals surface area contributed by atoms with Gasteiger partial charge in [-0.15, -0.1) is 0 Å². The Hall–Kier alpha value is -1.97. The zero-order valence-electron chi connectivity index (χ0n) is 6.92. The van der Waals surface area contributed by atoms with Gasteiger partial charge in [-0.3, -0.25) is 15.0 Å². The van der Waals surface area contributed by atoms with Gasteiger partial charge in [-0.05, 0) is 24.3 Å². The van der Waals surface area contributed by atoms with Gasteiger partial charge in [-0.2, -0.15) is 0 Å². The largest absolute Gasteiger partial charge is 0.322 e. The van der Waals surface area contributed by atoms with Crippen LogP contribution >= 0.6 is 0 Å². The van der Waals surface area contributed by atoms with Crippen LogP contribution in [0.25, 0.3) is 11.0 Å². The van der Waals surface area contributed by atoms with E-state index in [0.717, 1.165) is 16.7 Å². The molecule has 0 aliphatic rings. The van der Waals surface area contributed by atoms with Crippen molar-refractivity contribution in [3.8, 4) is 0 Å². The fraction of sp³-hybridized carbons (Fsp3) is 0. The second-order valence-corrected chi connectivity index (χ2v) is 2.70. The molecule has 3 N–H and O–H groups in total. The number of aromatic amines is 2. The Kier molecular flexibility index (Phi) is 1.66. The van der Waals surface area contributed by atoms with Crippen LogP contribution in [0.15, 0.2) is 30.9 Å². The molecule has 0 bridgehead atoms. The quantitative estimate of drug-likeness (QED) is 0.597. The molecule has 1 heterocycles. The third kappa shape index (κ3) is 1.33. The summed E-state index contributed by atoms with van der Waals surface area (Å²) in [7, 11) is 0. The van der Waals surface area contributed by atoms with Crippen molar-refractivity contribution in [2.24, 2.45) is 0 Å². The van der Waals surface area contributed by atoms with E-state index in [0.29, 0.717) is 0 Å². The molecule has 4 nitrogen and oxygen atoms in total. The fourth-order valence-electron chi connectivity index (χ4n) is 1.10. The highest BCUT2D eigenvalue weighted by molar-refractivity contribution is 6.00. The fourth-order valence-corrected chi connectivity index (χ4v) is 1.10. The molecule has 0 aliphatic heterocycles. The summed E-state index contributed by atoms with van der Waals surface area (Å²) in [6.45, 7) is 3.37. The Labute approximate surface area is 74.6 Å². The monoisotopic (exact) mass is 175 g/mol. The lowest BCUT2D eigenvalue weighted by Crippen LogP contribution is -2.07. The number of carbonyl (C=O) groups excluding carboxylic acids is 1. The van der Waals surface area contributed by atoms with Crippen LogP contribution in [-0.2, 0) is 4.79 Å². The van der Waals surface area contributed by atoms with Crippen LogP contribution in [0.5, 0.6) is 0 Å². The summed E-state index contributed by atoms with van der Waals surface area (Å²) in [5.41, 5.74) is 2.79. The number of rotatable bonds is 2. The molecule has 0 saturated heterocycles. The topological polar surface area (TPSA) is 60.7 Å². The van der Waals surface area contributed by atoms with Gasteiger partial charge in [0.05, 0.1) is 11.0 Å². The average Bonchev–Trinajstić information content (AvgIpc) is 2.10. The van der Waals surface area contributed by atoms with Crippen molar-refractivity contribution in [1.82, 2.24) is 10.2 Å². The number of hydrogen-bond acceptors (Lipinski definition) is 1. The molecule has 1 amide bonds. The highest BCUT2D eigenvalue weighted by atomic mass is 16.1. The Bertz CT molecular complexity index is 452. The molecule has 0 spiro atoms. The summed E-state index contributed by atoms with van der Waals surface area (Å²) in [6.07, 6.45) is 1.24. The average molecular weight is 175 g/mol. The van der Waals surface area contributed by atoms with Crippen molar-refractivity contribution in [3.05, 3.63) is 30.9 Å². The predicted molar refractivity (Wildman–Crippen MR) is 51.5 cm³/mol. The lowest BCUT2D eigenvalue weighted by molar-refractivity contribution is -0.111. The van der Waals surface area contributed by atoms with Crippen LogP contribution in [0.1, 0.15) is 0 Å². The van der Waals surface area contributed by atoms with Gasteiger partial charge >= 0.3 is 0 Å². The van der Waals surface area contributed by atoms with Crippen LogP contribution in [0, 0.1) is 0 Å². The van der Waals surface area contributed by atoms with Gasteiger partial charge in [-0.1, -0.05) is 6.58 Å². The molecule has 13 heavy (non-hydrogen) atoms. The van der Waals surface area contributed by atoms with E-state index < -0.39 is 0 Å². The first kappa shape index (κ1) is 7.67. The highest BCUT2D eigenvalue weighted by Crippen LogP contribution is 2.16. The lowest BCUT2D eigenvalue weighted by atomic mass is 10.2. The molecule has 0 unspecified atom stereocenters. The first-order chi connectivity index (χ1) is 6.29. The first-order valence-electron chi connectivity index (χ1n) is 3.89. The Morgan fingerprint density at radius 2 is 2.15 bits per heavy atom. The summed E-state index contributed by atoms with van der Waals surface area (Å²) in [5, 5.41) is 8.46. The van der Waals surface area contributed by atoms with Crippen molar-refractivity contribution in [3.63, 3.8) is 0 Å². The Morgan fingerprint density at radius 3 is 2.69 bits per heavy atom. The van der Waals surface area contributed by atoms with Crippen molar-refractivity contribution >= 4 is 22.6 Å². The van der Waals surface area contributed by atoms with E-state index >= 15 is 0 Å². The van der Waals surface area contributed by atoms with Gasteiger partial charge in [0.15, 0.2) is 0 Å². The van der Waals surface area contributed by atoms with Gasteiger partial charge in [-0.25, -0.2) is 0 Å². The predicted octanol–water partition coefficient (Wildman–Crippen LogP) is 1.62. The molecule has 0 radical (unpaired) electrons. The number of H-pyrrole nitrogens is 2. The molecule has 0 atom stereocenters. The van der Waals surface area contributed by atoms with Crippen molar-refractivity contribution in [2.45, 2.75) is 0 Å². The number of hydrogen-bond donors (Lipinski definition) is 3. The van der Waals surface area contributed by atoms with E-state index in [1.54, 1.807) is 0 Å². The van der Waals surface area contributed by atoms with Crippen molar-refractivity contribution < 1.29 is 4.79 Å². The molecule has 2 rings (SSSR count). The van der Waals surface area contributed by atoms with E-state index in [2.05, 4.69) is 22.1 Å². The van der Waals surface area contributed by atoms with Crippen molar-refractivity contribution in [2.75, 3.05) is 5.32 Å². The molecule has 0 fully saturated rings. The standard InChI is InChI=1S/C9H9N3O/c1-2-9(13)10-6-3-4-7-8(5-6)12-11-7/h2-5,11-12H,1H2,(H,10,13). The number of benzene rings is 1. The van der Waals surface area contributed by atoms with Crippen LogP contribution in [0.2, 0.25) is 0 Å². The second kappa shape index (κ2) is 2.82. The number of nitrogens with one attached hydrogen (secondary N) is 3. The maximum absolute atomic E-state index is 10.9. The first-order valence-corrected chi connectivity index (χ1v) is 3.89. The molecule has 0 saturated carbocycles. The maximum atomic E-state index is 10.9. The number of fused-ring (bicyclic) bond motifs is 1. The molecule has 1 aromatic heterocycles. The van der Waals surface area contributed by atoms with Gasteiger partial charge in [0.25, 0.3) is 0 Å². The molecule has 1 aromatic carbocycles. The van der Waals surface area contributed by atoms with E-state index in [4.69, 9.17) is 0 Å². The molecular formula is C9H9N3O. The minimum absolute atomic E-state index is 0.202. The zero-order chi connectivity index (χ0) is 9.26. The molecule has 2 aromatic rings. The van der Waals surface area contributed by atoms with Crippen LogP contribution in [0.3, 0.4) is 0 Å². The van der Waals surface area contributed by atoms with E-state index in [9.17, 15) is 4.79 Å². The minimum atomic E-state index is -0.202. The zero-order valence-corrected chi connectivity index (χ0v) is 6.92. The van der Waals surface area contributed by atoms with Crippen LogP contribution in [0.4, 0.5) is 5.69 Å². The summed E-state index contributed by atoms with van der Waals surface area (Å²) in [6, 6.07) is 5.58. The summed E-state index contributed by atoms with van der Waals surface area (Å²) in [4.78, 5) is 10.9. The van der Waals surface area contributed by atoms with Gasteiger partial charge in [0.1, 0.15) is 0 Å². The third-order valence-electron chi connectivity index (χ3n) is 1.80. The third-order valence-corrected chi connectivity index (χ3v) is 1.80. The molecule has 0 aliphatic carbocycles. The highest BCUT2D eigenvalue weighted by Gasteiger charge is 2.00. The lowest BCUT2D eigenvalue weighted by Gasteiger charge is -2.06. The van der Waals surface area contributed by atoms with Gasteiger partial charge in [0.2, 0.25) is 5.91 Å². The van der Waals surface area contributed by atoms with Crippen LogP contribution in [-0.4, -0.2) is 16.1 Å². The number of carbonyl (C=O) groups is 1. The maximum Gasteiger partial charge on any atom is 0.247 e. The summed E-state index contributed by atoms with van der Waals surface area (Å²) < 4.78 is 0. The van der Waals surface area contributed by atoms with E-state index in [-0.39, 0.29) is 5.91 Å².